The van der Waals surface area contributed by atoms with Crippen molar-refractivity contribution in [1.29, 1.82) is 0 Å². The normalized spacial score (nSPS) is 15.3. The van der Waals surface area contributed by atoms with E-state index in [4.69, 9.17) is 0 Å². The highest BCUT2D eigenvalue weighted by atomic mass is 32.1. The summed E-state index contributed by atoms with van der Waals surface area (Å²) in [6, 6.07) is 9.72. The number of nitrogens with one attached hydrogen (secondary N) is 1. The third kappa shape index (κ3) is 2.82. The van der Waals surface area contributed by atoms with Crippen LogP contribution in [0, 0.1) is 0 Å². The predicted octanol–water partition coefficient (Wildman–Crippen LogP) is 4.65. The molecule has 20 heavy (non-hydrogen) atoms. The van der Waals surface area contributed by atoms with Crippen LogP contribution in [-0.4, -0.2) is 0 Å². The molecule has 1 unspecified atom stereocenters. The molecule has 0 radical (unpaired) electrons. The predicted molar refractivity (Wildman–Crippen MR) is 87.4 cm³/mol. The number of thiophene rings is 1. The van der Waals surface area contributed by atoms with Crippen LogP contribution < -0.4 is 5.32 Å². The fraction of sp³-hybridized carbons (Fsp3) is 0.444. The first-order chi connectivity index (χ1) is 9.78. The van der Waals surface area contributed by atoms with E-state index in [1.165, 1.54) is 35.3 Å². The van der Waals surface area contributed by atoms with Gasteiger partial charge in [0.05, 0.1) is 0 Å². The first kappa shape index (κ1) is 13.8. The van der Waals surface area contributed by atoms with E-state index in [0.29, 0.717) is 6.04 Å². The Kier molecular flexibility index (Phi) is 4.23. The quantitative estimate of drug-likeness (QED) is 0.843. The Morgan fingerprint density at radius 2 is 2.05 bits per heavy atom. The van der Waals surface area contributed by atoms with Crippen LogP contribution in [0.15, 0.2) is 29.6 Å². The molecule has 1 N–H and O–H groups in total. The van der Waals surface area contributed by atoms with Gasteiger partial charge in [-0.2, -0.15) is 0 Å². The van der Waals surface area contributed by atoms with Gasteiger partial charge in [0.1, 0.15) is 0 Å². The molecular formula is C18H23NS. The average Bonchev–Trinajstić information content (AvgIpc) is 3.12. The molecule has 0 fully saturated rings. The molecule has 1 heterocycles. The van der Waals surface area contributed by atoms with E-state index in [0.717, 1.165) is 13.0 Å². The lowest BCUT2D eigenvalue weighted by Crippen LogP contribution is -2.18. The highest BCUT2D eigenvalue weighted by Crippen LogP contribution is 2.26. The fourth-order valence-corrected chi connectivity index (χ4v) is 3.99. The van der Waals surface area contributed by atoms with Gasteiger partial charge in [-0.1, -0.05) is 25.1 Å². The second kappa shape index (κ2) is 6.11. The Bertz CT molecular complexity index is 585. The van der Waals surface area contributed by atoms with Gasteiger partial charge in [-0.05, 0) is 66.3 Å². The zero-order valence-electron chi connectivity index (χ0n) is 12.4. The van der Waals surface area contributed by atoms with Crippen LogP contribution in [0.3, 0.4) is 0 Å². The van der Waals surface area contributed by atoms with Crippen molar-refractivity contribution < 1.29 is 0 Å². The van der Waals surface area contributed by atoms with Crippen LogP contribution in [-0.2, 0) is 25.8 Å². The van der Waals surface area contributed by atoms with Crippen LogP contribution in [0.4, 0.5) is 0 Å². The molecule has 1 aliphatic carbocycles. The van der Waals surface area contributed by atoms with Crippen molar-refractivity contribution in [3.8, 4) is 0 Å². The van der Waals surface area contributed by atoms with Gasteiger partial charge >= 0.3 is 0 Å². The average molecular weight is 285 g/mol. The smallest absolute Gasteiger partial charge is 0.0308 e. The van der Waals surface area contributed by atoms with Crippen LogP contribution in [0.25, 0.3) is 0 Å². The van der Waals surface area contributed by atoms with Gasteiger partial charge in [0.2, 0.25) is 0 Å². The second-order valence-electron chi connectivity index (χ2n) is 5.71. The van der Waals surface area contributed by atoms with E-state index in [9.17, 15) is 0 Å². The topological polar surface area (TPSA) is 12.0 Å². The molecule has 1 aromatic heterocycles. The standard InChI is InChI=1S/C18H23NS/c1-3-14-9-10-20-18(14)12-19-13(2)16-8-7-15-5-4-6-17(15)11-16/h7-11,13,19H,3-6,12H2,1-2H3. The third-order valence-electron chi connectivity index (χ3n) is 4.41. The van der Waals surface area contributed by atoms with Crippen molar-refractivity contribution >= 4 is 11.3 Å². The summed E-state index contributed by atoms with van der Waals surface area (Å²) in [6.07, 6.45) is 5.00. The van der Waals surface area contributed by atoms with Crippen LogP contribution in [0.2, 0.25) is 0 Å². The highest BCUT2D eigenvalue weighted by molar-refractivity contribution is 7.10. The lowest BCUT2D eigenvalue weighted by atomic mass is 10.0. The number of hydrogen-bond donors (Lipinski definition) is 1. The molecule has 3 rings (SSSR count). The Morgan fingerprint density at radius 3 is 2.90 bits per heavy atom. The minimum absolute atomic E-state index is 0.424. The Morgan fingerprint density at radius 1 is 1.20 bits per heavy atom. The van der Waals surface area contributed by atoms with E-state index >= 15 is 0 Å². The molecule has 1 nitrogen and oxygen atoms in total. The van der Waals surface area contributed by atoms with E-state index in [1.807, 2.05) is 11.3 Å². The zero-order chi connectivity index (χ0) is 13.9. The van der Waals surface area contributed by atoms with Crippen LogP contribution in [0.1, 0.15) is 53.4 Å². The van der Waals surface area contributed by atoms with Crippen molar-refractivity contribution in [3.63, 3.8) is 0 Å². The molecule has 2 aromatic rings. The van der Waals surface area contributed by atoms with Gasteiger partial charge in [0.25, 0.3) is 0 Å². The molecule has 1 atom stereocenters. The second-order valence-corrected chi connectivity index (χ2v) is 6.71. The van der Waals surface area contributed by atoms with Crippen molar-refractivity contribution in [2.45, 2.75) is 52.1 Å². The summed E-state index contributed by atoms with van der Waals surface area (Å²) in [7, 11) is 0. The largest absolute Gasteiger partial charge is 0.305 e. The van der Waals surface area contributed by atoms with E-state index in [1.54, 1.807) is 11.1 Å². The summed E-state index contributed by atoms with van der Waals surface area (Å²) in [5.74, 6) is 0. The van der Waals surface area contributed by atoms with Gasteiger partial charge in [0.15, 0.2) is 0 Å². The summed E-state index contributed by atoms with van der Waals surface area (Å²) in [5.41, 5.74) is 6.05. The summed E-state index contributed by atoms with van der Waals surface area (Å²) in [6.45, 7) is 5.49. The first-order valence-corrected chi connectivity index (χ1v) is 8.56. The minimum Gasteiger partial charge on any atom is -0.305 e. The highest BCUT2D eigenvalue weighted by Gasteiger charge is 2.13. The molecule has 0 aliphatic heterocycles. The van der Waals surface area contributed by atoms with Crippen molar-refractivity contribution in [2.24, 2.45) is 0 Å². The molecule has 0 saturated carbocycles. The fourth-order valence-electron chi connectivity index (χ4n) is 3.06. The van der Waals surface area contributed by atoms with Gasteiger partial charge < -0.3 is 5.32 Å². The van der Waals surface area contributed by atoms with Crippen molar-refractivity contribution in [1.82, 2.24) is 5.32 Å². The van der Waals surface area contributed by atoms with Crippen LogP contribution in [0.5, 0.6) is 0 Å². The number of aryl methyl sites for hydroxylation is 3. The Hall–Kier alpha value is -1.12. The number of rotatable bonds is 5. The molecule has 106 valence electrons. The minimum atomic E-state index is 0.424. The van der Waals surface area contributed by atoms with Gasteiger partial charge in [0, 0.05) is 17.5 Å². The number of hydrogen-bond acceptors (Lipinski definition) is 2. The third-order valence-corrected chi connectivity index (χ3v) is 5.37. The summed E-state index contributed by atoms with van der Waals surface area (Å²) in [4.78, 5) is 1.49. The molecular weight excluding hydrogens is 262 g/mol. The van der Waals surface area contributed by atoms with E-state index in [2.05, 4.69) is 48.8 Å². The van der Waals surface area contributed by atoms with Crippen LogP contribution >= 0.6 is 11.3 Å². The summed E-state index contributed by atoms with van der Waals surface area (Å²) < 4.78 is 0. The molecule has 1 aromatic carbocycles. The molecule has 1 aliphatic rings. The Labute approximate surface area is 126 Å². The molecule has 0 bridgehead atoms. The SMILES string of the molecule is CCc1ccsc1CNC(C)c1ccc2c(c1)CCC2. The maximum Gasteiger partial charge on any atom is 0.0308 e. The number of benzene rings is 1. The lowest BCUT2D eigenvalue weighted by molar-refractivity contribution is 0.576. The summed E-state index contributed by atoms with van der Waals surface area (Å²) >= 11 is 1.87. The van der Waals surface area contributed by atoms with Gasteiger partial charge in [-0.3, -0.25) is 0 Å². The molecule has 0 amide bonds. The van der Waals surface area contributed by atoms with Crippen molar-refractivity contribution in [2.75, 3.05) is 0 Å². The summed E-state index contributed by atoms with van der Waals surface area (Å²) in [5, 5.41) is 5.88. The van der Waals surface area contributed by atoms with E-state index < -0.39 is 0 Å². The Balaban J connectivity index is 1.66. The van der Waals surface area contributed by atoms with Gasteiger partial charge in [-0.15, -0.1) is 11.3 Å². The maximum atomic E-state index is 3.68. The van der Waals surface area contributed by atoms with Crippen molar-refractivity contribution in [3.05, 3.63) is 56.8 Å². The van der Waals surface area contributed by atoms with E-state index in [-0.39, 0.29) is 0 Å². The first-order valence-electron chi connectivity index (χ1n) is 7.68. The molecule has 0 spiro atoms. The lowest BCUT2D eigenvalue weighted by Gasteiger charge is -2.15. The molecule has 0 saturated heterocycles. The maximum absolute atomic E-state index is 3.68. The van der Waals surface area contributed by atoms with Gasteiger partial charge in [-0.25, -0.2) is 0 Å². The monoisotopic (exact) mass is 285 g/mol. The molecule has 2 heteroatoms. The zero-order valence-corrected chi connectivity index (χ0v) is 13.2. The number of fused-ring (bicyclic) bond motifs is 1.